The molecule has 0 aromatic carbocycles. The molecular weight excluding hydrogens is 342 g/mol. The summed E-state index contributed by atoms with van der Waals surface area (Å²) in [7, 11) is 0. The smallest absolute Gasteiger partial charge is 0.255 e. The topological polar surface area (TPSA) is 20.3 Å². The molecule has 3 aliphatic carbocycles. The van der Waals surface area contributed by atoms with Crippen LogP contribution in [0.3, 0.4) is 0 Å². The van der Waals surface area contributed by atoms with Crippen LogP contribution in [0.4, 0.5) is 0 Å². The van der Waals surface area contributed by atoms with E-state index in [4.69, 9.17) is 0 Å². The molecule has 0 spiro atoms. The fraction of sp³-hybridized carbons (Fsp3) is 0.269. The highest BCUT2D eigenvalue weighted by Crippen LogP contribution is 2.48. The largest absolute Gasteiger partial charge is 0.295 e. The molecule has 0 bridgehead atoms. The van der Waals surface area contributed by atoms with Gasteiger partial charge < -0.3 is 0 Å². The van der Waals surface area contributed by atoms with E-state index >= 15 is 0 Å². The van der Waals surface area contributed by atoms with E-state index in [0.717, 1.165) is 42.5 Å². The van der Waals surface area contributed by atoms with Crippen LogP contribution in [0.25, 0.3) is 0 Å². The molecular formula is C26H27NO. The molecule has 0 aromatic rings. The van der Waals surface area contributed by atoms with Crippen LogP contribution >= 0.6 is 0 Å². The maximum Gasteiger partial charge on any atom is 0.255 e. The molecule has 1 amide bonds. The van der Waals surface area contributed by atoms with Crippen LogP contribution in [0, 0.1) is 0 Å². The van der Waals surface area contributed by atoms with Gasteiger partial charge in [-0.1, -0.05) is 79.3 Å². The third kappa shape index (κ3) is 3.24. The molecule has 1 unspecified atom stereocenters. The van der Waals surface area contributed by atoms with Crippen LogP contribution in [0.1, 0.15) is 39.0 Å². The van der Waals surface area contributed by atoms with Crippen molar-refractivity contribution < 1.29 is 4.79 Å². The molecule has 28 heavy (non-hydrogen) atoms. The molecule has 142 valence electrons. The van der Waals surface area contributed by atoms with Crippen LogP contribution in [0.15, 0.2) is 107 Å². The lowest BCUT2D eigenvalue weighted by molar-refractivity contribution is -0.126. The first-order chi connectivity index (χ1) is 13.7. The van der Waals surface area contributed by atoms with Gasteiger partial charge in [-0.15, -0.1) is 0 Å². The van der Waals surface area contributed by atoms with Gasteiger partial charge in [-0.25, -0.2) is 0 Å². The number of carbonyl (C=O) groups excluding carboxylic acids is 1. The molecule has 1 aliphatic heterocycles. The molecule has 2 nitrogen and oxygen atoms in total. The van der Waals surface area contributed by atoms with E-state index < -0.39 is 5.54 Å². The summed E-state index contributed by atoms with van der Waals surface area (Å²) in [5.41, 5.74) is 3.98. The zero-order chi connectivity index (χ0) is 19.4. The summed E-state index contributed by atoms with van der Waals surface area (Å²) in [6.07, 6.45) is 34.0. The van der Waals surface area contributed by atoms with Crippen molar-refractivity contribution in [2.75, 3.05) is 0 Å². The molecule has 0 aromatic heterocycles. The van der Waals surface area contributed by atoms with Crippen LogP contribution in [-0.4, -0.2) is 16.3 Å². The Bertz CT molecular complexity index is 929. The van der Waals surface area contributed by atoms with Crippen molar-refractivity contribution in [3.8, 4) is 0 Å². The summed E-state index contributed by atoms with van der Waals surface area (Å²) in [5, 5.41) is 0. The molecule has 4 aliphatic rings. The highest BCUT2D eigenvalue weighted by molar-refractivity contribution is 6.01. The summed E-state index contributed by atoms with van der Waals surface area (Å²) in [4.78, 5) is 15.7. The van der Waals surface area contributed by atoms with Crippen LogP contribution in [0.2, 0.25) is 0 Å². The number of amides is 1. The summed E-state index contributed by atoms with van der Waals surface area (Å²) < 4.78 is 0. The molecule has 4 rings (SSSR count). The van der Waals surface area contributed by atoms with E-state index in [1.54, 1.807) is 0 Å². The van der Waals surface area contributed by atoms with E-state index in [-0.39, 0.29) is 5.91 Å². The van der Waals surface area contributed by atoms with Gasteiger partial charge >= 0.3 is 0 Å². The molecule has 2 heteroatoms. The van der Waals surface area contributed by atoms with Gasteiger partial charge in [-0.2, -0.15) is 0 Å². The van der Waals surface area contributed by atoms with E-state index in [9.17, 15) is 4.79 Å². The normalized spacial score (nSPS) is 27.0. The van der Waals surface area contributed by atoms with Crippen molar-refractivity contribution in [2.24, 2.45) is 0 Å². The standard InChI is InChI=1S/C26H27NO/c1-26(21-15-9-4-2-5-10-16-21)24-20-14-8-13-19-23(24)25(28)27(26)22-17-11-6-3-7-12-18-22/h2-7,9-12,15-18H,8,13-14,19-20H2,1H3. The Hall–Kier alpha value is -2.87. The lowest BCUT2D eigenvalue weighted by atomic mass is 9.80. The maximum absolute atomic E-state index is 13.7. The quantitative estimate of drug-likeness (QED) is 0.582. The predicted molar refractivity (Wildman–Crippen MR) is 116 cm³/mol. The number of hydrogen-bond donors (Lipinski definition) is 0. The van der Waals surface area contributed by atoms with Gasteiger partial charge in [0.15, 0.2) is 0 Å². The summed E-state index contributed by atoms with van der Waals surface area (Å²) in [6, 6.07) is 0. The number of nitrogens with zero attached hydrogens (tertiary/aromatic N) is 1. The first-order valence-corrected chi connectivity index (χ1v) is 10.2. The average molecular weight is 370 g/mol. The van der Waals surface area contributed by atoms with Crippen LogP contribution in [-0.2, 0) is 4.79 Å². The molecule has 1 atom stereocenters. The minimum Gasteiger partial charge on any atom is -0.295 e. The molecule has 1 heterocycles. The summed E-state index contributed by atoms with van der Waals surface area (Å²) in [6.45, 7) is 2.22. The second-order valence-electron chi connectivity index (χ2n) is 7.70. The van der Waals surface area contributed by atoms with Crippen molar-refractivity contribution in [3.63, 3.8) is 0 Å². The molecule has 0 fully saturated rings. The highest BCUT2D eigenvalue weighted by Gasteiger charge is 2.50. The fourth-order valence-corrected chi connectivity index (χ4v) is 4.60. The summed E-state index contributed by atoms with van der Waals surface area (Å²) >= 11 is 0. The van der Waals surface area contributed by atoms with E-state index in [0.29, 0.717) is 0 Å². The van der Waals surface area contributed by atoms with Crippen LogP contribution in [0.5, 0.6) is 0 Å². The van der Waals surface area contributed by atoms with Gasteiger partial charge in [-0.3, -0.25) is 9.69 Å². The van der Waals surface area contributed by atoms with Crippen molar-refractivity contribution in [1.82, 2.24) is 4.90 Å². The molecule has 0 N–H and O–H groups in total. The van der Waals surface area contributed by atoms with E-state index in [2.05, 4.69) is 31.2 Å². The minimum atomic E-state index is -0.463. The van der Waals surface area contributed by atoms with Crippen molar-refractivity contribution in [3.05, 3.63) is 107 Å². The Morgan fingerprint density at radius 1 is 0.750 bits per heavy atom. The van der Waals surface area contributed by atoms with Crippen molar-refractivity contribution in [1.29, 1.82) is 0 Å². The lowest BCUT2D eigenvalue weighted by Gasteiger charge is -2.40. The molecule has 0 saturated heterocycles. The first kappa shape index (κ1) is 18.5. The number of hydrogen-bond acceptors (Lipinski definition) is 1. The fourth-order valence-electron chi connectivity index (χ4n) is 4.60. The number of carbonyl (C=O) groups is 1. The maximum atomic E-state index is 13.7. The predicted octanol–water partition coefficient (Wildman–Crippen LogP) is 6.02. The minimum absolute atomic E-state index is 0.170. The lowest BCUT2D eigenvalue weighted by Crippen LogP contribution is -2.46. The zero-order valence-electron chi connectivity index (χ0n) is 16.5. The van der Waals surface area contributed by atoms with Gasteiger partial charge in [0.25, 0.3) is 5.91 Å². The van der Waals surface area contributed by atoms with Crippen LogP contribution < -0.4 is 0 Å². The summed E-state index contributed by atoms with van der Waals surface area (Å²) in [5.74, 6) is 0.170. The first-order valence-electron chi connectivity index (χ1n) is 10.2. The molecule has 0 saturated carbocycles. The highest BCUT2D eigenvalue weighted by atomic mass is 16.2. The Morgan fingerprint density at radius 3 is 2.21 bits per heavy atom. The Morgan fingerprint density at radius 2 is 1.39 bits per heavy atom. The van der Waals surface area contributed by atoms with Crippen molar-refractivity contribution in [2.45, 2.75) is 44.6 Å². The second-order valence-corrected chi connectivity index (χ2v) is 7.70. The third-order valence-electron chi connectivity index (χ3n) is 6.01. The second kappa shape index (κ2) is 8.02. The van der Waals surface area contributed by atoms with E-state index in [1.807, 2.05) is 65.7 Å². The van der Waals surface area contributed by atoms with E-state index in [1.165, 1.54) is 12.0 Å². The SMILES string of the molecule is CC1(C2=CC=CC=CC=C2)C2=C(CCCCC2)C(=O)N1C1=CC=CC=CC=C1. The van der Waals surface area contributed by atoms with Gasteiger partial charge in [0.05, 0.1) is 5.54 Å². The Labute approximate surface area is 168 Å². The van der Waals surface area contributed by atoms with Gasteiger partial charge in [0, 0.05) is 11.3 Å². The molecule has 0 radical (unpaired) electrons. The monoisotopic (exact) mass is 369 g/mol. The average Bonchev–Trinajstić information content (AvgIpc) is 2.80. The van der Waals surface area contributed by atoms with Gasteiger partial charge in [0.1, 0.15) is 0 Å². The zero-order valence-corrected chi connectivity index (χ0v) is 16.5. The Balaban J connectivity index is 1.88. The van der Waals surface area contributed by atoms with Gasteiger partial charge in [-0.05, 0) is 55.9 Å². The third-order valence-corrected chi connectivity index (χ3v) is 6.01. The van der Waals surface area contributed by atoms with Crippen molar-refractivity contribution >= 4 is 5.91 Å². The van der Waals surface area contributed by atoms with Gasteiger partial charge in [0.2, 0.25) is 0 Å². The number of rotatable bonds is 2. The number of allylic oxidation sites excluding steroid dienone is 13. The Kier molecular flexibility index (Phi) is 5.29.